The van der Waals surface area contributed by atoms with Crippen LogP contribution < -0.4 is 9.47 Å². The number of ether oxygens (including phenoxy) is 6. The van der Waals surface area contributed by atoms with Crippen LogP contribution in [0.1, 0.15) is 158 Å². The van der Waals surface area contributed by atoms with Crippen molar-refractivity contribution in [3.63, 3.8) is 0 Å². The Hall–Kier alpha value is -8.21. The zero-order valence-corrected chi connectivity index (χ0v) is 67.9. The zero-order valence-electron chi connectivity index (χ0n) is 63.9. The highest BCUT2D eigenvalue weighted by molar-refractivity contribution is 7.59. The van der Waals surface area contributed by atoms with Crippen molar-refractivity contribution in [3.05, 3.63) is 241 Å². The number of pyridine rings is 3. The molecular weight excluding hydrogens is 1520 g/mol. The molecule has 13 rings (SSSR count). The van der Waals surface area contributed by atoms with Gasteiger partial charge in [0.2, 0.25) is 17.7 Å². The average Bonchev–Trinajstić information content (AvgIpc) is 1.54. The van der Waals surface area contributed by atoms with Crippen LogP contribution in [0.25, 0.3) is 11.1 Å². The molecule has 0 N–H and O–H groups in total. The van der Waals surface area contributed by atoms with Gasteiger partial charge in [0.05, 0.1) is 33.9 Å². The van der Waals surface area contributed by atoms with E-state index in [-0.39, 0.29) is 101 Å². The first-order valence-electron chi connectivity index (χ1n) is 36.1. The van der Waals surface area contributed by atoms with Crippen LogP contribution in [0.5, 0.6) is 11.8 Å². The average molecular weight is 1620 g/mol. The van der Waals surface area contributed by atoms with Crippen molar-refractivity contribution in [2.45, 2.75) is 146 Å². The lowest BCUT2D eigenvalue weighted by Crippen LogP contribution is -2.35. The van der Waals surface area contributed by atoms with Crippen molar-refractivity contribution in [1.29, 1.82) is 0 Å². The Labute approximate surface area is 672 Å². The van der Waals surface area contributed by atoms with Gasteiger partial charge in [0.15, 0.2) is 17.5 Å². The van der Waals surface area contributed by atoms with Crippen LogP contribution in [0.3, 0.4) is 0 Å². The van der Waals surface area contributed by atoms with Gasteiger partial charge in [-0.05, 0) is 265 Å². The van der Waals surface area contributed by atoms with Crippen LogP contribution in [0.4, 0.5) is 35.1 Å². The highest BCUT2D eigenvalue weighted by Crippen LogP contribution is 2.52. The van der Waals surface area contributed by atoms with E-state index in [2.05, 4.69) is 24.8 Å². The second-order valence-electron chi connectivity index (χ2n) is 28.2. The number of hydrogen-bond donors (Lipinski definition) is 0. The summed E-state index contributed by atoms with van der Waals surface area (Å²) in [7, 11) is 5.31. The first kappa shape index (κ1) is 91.7. The number of halogens is 8. The van der Waals surface area contributed by atoms with Crippen molar-refractivity contribution in [2.75, 3.05) is 80.9 Å². The summed E-state index contributed by atoms with van der Waals surface area (Å²) in [5.74, 6) is -6.49. The van der Waals surface area contributed by atoms with Gasteiger partial charge in [0.1, 0.15) is 52.7 Å². The number of benzene rings is 4. The topological polar surface area (TPSA) is 169 Å². The third-order valence-electron chi connectivity index (χ3n) is 21.9. The molecule has 7 aromatic rings. The van der Waals surface area contributed by atoms with E-state index in [9.17, 15) is 54.3 Å². The minimum atomic E-state index is -1.18. The molecule has 111 heavy (non-hydrogen) atoms. The first-order valence-corrected chi connectivity index (χ1v) is 36.1. The molecule has 600 valence electrons. The van der Waals surface area contributed by atoms with E-state index in [4.69, 9.17) is 28.4 Å². The third-order valence-corrected chi connectivity index (χ3v) is 21.9. The van der Waals surface area contributed by atoms with Crippen LogP contribution in [0.2, 0.25) is 0 Å². The first-order chi connectivity index (χ1) is 51.3. The molecule has 15 nitrogen and oxygen atoms in total. The number of carbonyl (C=O) groups excluding carboxylic acids is 4. The predicted octanol–water partition coefficient (Wildman–Crippen LogP) is 16.8. The van der Waals surface area contributed by atoms with Gasteiger partial charge in [-0.1, -0.05) is 72.3 Å². The van der Waals surface area contributed by atoms with E-state index < -0.39 is 62.8 Å². The predicted molar refractivity (Wildman–Crippen MR) is 430 cm³/mol. The van der Waals surface area contributed by atoms with Crippen LogP contribution in [0, 0.1) is 74.4 Å². The van der Waals surface area contributed by atoms with Crippen molar-refractivity contribution < 1.29 is 82.7 Å². The molecule has 1 unspecified atom stereocenters. The number of likely N-dealkylation sites (tertiary alicyclic amines) is 2. The molecule has 2 aliphatic heterocycles. The van der Waals surface area contributed by atoms with E-state index in [1.54, 1.807) is 88.6 Å². The van der Waals surface area contributed by atoms with Crippen molar-refractivity contribution in [1.82, 2.24) is 24.8 Å². The minimum Gasteiger partial charge on any atom is -0.474 e. The van der Waals surface area contributed by atoms with Gasteiger partial charge in [0.25, 0.3) is 0 Å². The summed E-state index contributed by atoms with van der Waals surface area (Å²) in [6, 6.07) is 22.8. The minimum absolute atomic E-state index is 0. The number of rotatable bonds is 19. The second kappa shape index (κ2) is 40.5. The van der Waals surface area contributed by atoms with Crippen molar-refractivity contribution in [2.24, 2.45) is 0 Å². The lowest BCUT2D eigenvalue weighted by molar-refractivity contribution is -0.148. The molecule has 0 bridgehead atoms. The molecule has 2 saturated heterocycles. The number of methoxy groups -OCH3 is 4. The van der Waals surface area contributed by atoms with Crippen LogP contribution >= 0.6 is 54.0 Å². The number of aromatic nitrogens is 3. The smallest absolute Gasteiger partial charge is 0.320 e. The van der Waals surface area contributed by atoms with E-state index >= 15 is 0 Å². The molecule has 4 aliphatic carbocycles. The summed E-state index contributed by atoms with van der Waals surface area (Å²) in [6.45, 7) is 15.2. The Kier molecular flexibility index (Phi) is 33.4. The van der Waals surface area contributed by atoms with Crippen LogP contribution in [0.15, 0.2) is 133 Å². The monoisotopic (exact) mass is 1620 g/mol. The quantitative estimate of drug-likeness (QED) is 0.0246. The summed E-state index contributed by atoms with van der Waals surface area (Å²) < 4.78 is 143. The molecule has 27 heteroatoms. The summed E-state index contributed by atoms with van der Waals surface area (Å²) in [6.07, 6.45) is 19.3. The number of allylic oxidation sites excluding steroid dienone is 3. The standard InChI is InChI=1S/C25H30F2N2O3.C25H28F2N2O3.C19H16F3NO2.C15H17FO2.4H2S/c2*1-17-20(6-5-7-21(17)26)25(24(30)31-2)9-8-18(15-25)19-14-22(27)23(28-16-19)32-13-12-29-10-3-4-11-29;1-11-14(4-3-5-15(11)20)19(18(24)25-2)7-6-12(9-19)13-8-16(21)17(22)23-10-13;1-10-7-8-15(9-10,14(17)18-3)12-5-4-6-13(16)11(12)2;;;;/h5-7,14,16,18H,3-4,8-13,15H2,1-2H3;5-7,14-16H,3-4,8-13H2,1-2H3;3-5,8-10H,6-7H2,1-2H3;4-6,9H,7-8H2,1-3H3;4*1H2/t18?,25-;25-;19-;15-;;;;/m0000..../s1. The lowest BCUT2D eigenvalue weighted by Gasteiger charge is -2.29. The third kappa shape index (κ3) is 20.1. The van der Waals surface area contributed by atoms with E-state index in [0.717, 1.165) is 62.9 Å². The van der Waals surface area contributed by atoms with Crippen LogP contribution in [-0.4, -0.2) is 130 Å². The Balaban J connectivity index is 0.000000233. The van der Waals surface area contributed by atoms with E-state index in [1.807, 2.05) is 19.1 Å². The van der Waals surface area contributed by atoms with Crippen molar-refractivity contribution >= 4 is 89.0 Å². The normalized spacial score (nSPS) is 20.9. The Morgan fingerprint density at radius 1 is 0.432 bits per heavy atom. The van der Waals surface area contributed by atoms with Gasteiger partial charge in [-0.25, -0.2) is 45.7 Å². The fourth-order valence-corrected chi connectivity index (χ4v) is 16.1. The highest BCUT2D eigenvalue weighted by atomic mass is 32.1. The summed E-state index contributed by atoms with van der Waals surface area (Å²) >= 11 is 0. The second-order valence-corrected chi connectivity index (χ2v) is 28.2. The Morgan fingerprint density at radius 2 is 0.802 bits per heavy atom. The Morgan fingerprint density at radius 3 is 1.19 bits per heavy atom. The van der Waals surface area contributed by atoms with Gasteiger partial charge in [-0.3, -0.25) is 29.0 Å². The maximum absolute atomic E-state index is 14.7. The van der Waals surface area contributed by atoms with Gasteiger partial charge >= 0.3 is 23.9 Å². The Bertz CT molecular complexity index is 4550. The summed E-state index contributed by atoms with van der Waals surface area (Å²) in [5.41, 5.74) is 4.35. The van der Waals surface area contributed by atoms with Gasteiger partial charge in [-0.2, -0.15) is 58.4 Å². The maximum Gasteiger partial charge on any atom is 0.320 e. The van der Waals surface area contributed by atoms with E-state index in [0.29, 0.717) is 131 Å². The van der Waals surface area contributed by atoms with Gasteiger partial charge < -0.3 is 28.4 Å². The molecule has 5 heterocycles. The molecule has 0 spiro atoms. The highest BCUT2D eigenvalue weighted by Gasteiger charge is 2.50. The molecule has 4 aromatic carbocycles. The molecule has 3 fully saturated rings. The molecule has 5 atom stereocenters. The maximum atomic E-state index is 14.7. The molecule has 0 amide bonds. The number of nitrogens with zero attached hydrogens (tertiary/aromatic N) is 5. The SMILES string of the molecule is COC(=O)[C@@]1(c2cccc(F)c2C)CCC(c2cnc(OCCN3CCCC3)c(F)c2)C1.COC(=O)[C@]1(c2cccc(F)c2C)C=C(C)CC1.COC(=O)[C@]1(c2cccc(F)c2C)C=C(c2cnc(F)c(F)c2)CC1.COC(=O)[C@]1(c2cccc(F)c2C)C=C(c2cnc(OCCN3CCCC3)c(F)c2)CC1.S.S.S.S. The molecule has 6 aliphatic rings. The lowest BCUT2D eigenvalue weighted by atomic mass is 9.75. The largest absolute Gasteiger partial charge is 0.474 e. The zero-order chi connectivity index (χ0) is 77.0. The fourth-order valence-electron chi connectivity index (χ4n) is 16.1. The molecular formula is C84H99F8N5O10S4. The van der Waals surface area contributed by atoms with Crippen LogP contribution in [-0.2, 0) is 59.8 Å². The molecule has 0 radical (unpaired) electrons. The number of hydrogen-bond acceptors (Lipinski definition) is 15. The molecule has 1 saturated carbocycles. The molecule has 3 aromatic heterocycles. The fraction of sp³-hybridized carbons (Fsp3) is 0.417. The van der Waals surface area contributed by atoms with Gasteiger partial charge in [-0.15, -0.1) is 0 Å². The number of esters is 4. The summed E-state index contributed by atoms with van der Waals surface area (Å²) in [4.78, 5) is 66.8. The van der Waals surface area contributed by atoms with E-state index in [1.165, 1.54) is 103 Å². The van der Waals surface area contributed by atoms with Crippen molar-refractivity contribution in [3.8, 4) is 11.8 Å². The summed E-state index contributed by atoms with van der Waals surface area (Å²) in [5, 5.41) is 0. The van der Waals surface area contributed by atoms with Gasteiger partial charge in [0, 0.05) is 31.7 Å². The number of carbonyl (C=O) groups is 4.